The molecule has 42 heavy (non-hydrogen) atoms. The van der Waals surface area contributed by atoms with E-state index in [1.54, 1.807) is 43.3 Å². The monoisotopic (exact) mass is 585 g/mol. The van der Waals surface area contributed by atoms with Crippen LogP contribution in [-0.2, 0) is 16.2 Å². The van der Waals surface area contributed by atoms with Gasteiger partial charge in [0.25, 0.3) is 5.78 Å². The van der Waals surface area contributed by atoms with E-state index in [2.05, 4.69) is 10.2 Å². The maximum Gasteiger partial charge on any atom is 0.301 e. The third kappa shape index (κ3) is 5.14. The van der Waals surface area contributed by atoms with Crippen LogP contribution in [0.15, 0.2) is 72.3 Å². The number of aryl methyl sites for hydroxylation is 1. The van der Waals surface area contributed by atoms with Crippen molar-refractivity contribution in [1.29, 1.82) is 0 Å². The van der Waals surface area contributed by atoms with Gasteiger partial charge in [-0.15, -0.1) is 10.2 Å². The molecule has 0 radical (unpaired) electrons. The van der Waals surface area contributed by atoms with Crippen molar-refractivity contribution in [2.75, 3.05) is 24.7 Å². The number of Topliss-reactive ketones (excluding diaryl/α,β-unsaturated/α-hetero) is 1. The molecule has 0 saturated carbocycles. The highest BCUT2D eigenvalue weighted by Crippen LogP contribution is 2.45. The van der Waals surface area contributed by atoms with Gasteiger partial charge in [-0.25, -0.2) is 0 Å². The number of aromatic nitrogens is 2. The number of rotatable bonds is 8. The lowest BCUT2D eigenvalue weighted by Gasteiger charge is -2.24. The Hall–Kier alpha value is -4.90. The Morgan fingerprint density at radius 1 is 0.976 bits per heavy atom. The quantitative estimate of drug-likeness (QED) is 0.169. The molecule has 0 unspecified atom stereocenters. The van der Waals surface area contributed by atoms with Crippen LogP contribution in [0.25, 0.3) is 5.76 Å². The van der Waals surface area contributed by atoms with Gasteiger partial charge in [0, 0.05) is 5.56 Å². The van der Waals surface area contributed by atoms with Crippen molar-refractivity contribution in [2.24, 2.45) is 0 Å². The number of hydrogen-bond donors (Lipinski definition) is 1. The number of hydrogen-bond acceptors (Lipinski definition) is 10. The van der Waals surface area contributed by atoms with E-state index in [-0.39, 0.29) is 16.5 Å². The van der Waals surface area contributed by atoms with Gasteiger partial charge in [-0.05, 0) is 55.3 Å². The van der Waals surface area contributed by atoms with E-state index in [4.69, 9.17) is 18.9 Å². The number of anilines is 1. The summed E-state index contributed by atoms with van der Waals surface area (Å²) in [6, 6.07) is 18.8. The molecular weight excluding hydrogens is 558 g/mol. The largest absolute Gasteiger partial charge is 0.507 e. The molecule has 0 bridgehead atoms. The zero-order valence-electron chi connectivity index (χ0n) is 22.9. The third-order valence-electron chi connectivity index (χ3n) is 6.80. The van der Waals surface area contributed by atoms with Gasteiger partial charge in [-0.1, -0.05) is 47.7 Å². The summed E-state index contributed by atoms with van der Waals surface area (Å²) in [5.41, 5.74) is 1.73. The number of carbonyl (C=O) groups is 2. The molecule has 1 N–H and O–H groups in total. The molecule has 4 aromatic rings. The van der Waals surface area contributed by atoms with Crippen LogP contribution in [0.3, 0.4) is 0 Å². The minimum Gasteiger partial charge on any atom is -0.507 e. The molecule has 1 amide bonds. The van der Waals surface area contributed by atoms with Gasteiger partial charge in [0.2, 0.25) is 5.13 Å². The summed E-state index contributed by atoms with van der Waals surface area (Å²) < 4.78 is 23.3. The van der Waals surface area contributed by atoms with Crippen molar-refractivity contribution in [3.05, 3.63) is 94.0 Å². The summed E-state index contributed by atoms with van der Waals surface area (Å²) in [4.78, 5) is 28.3. The number of fused-ring (bicyclic) bond motifs is 1. The maximum absolute atomic E-state index is 13.6. The van der Waals surface area contributed by atoms with Crippen LogP contribution in [0.2, 0.25) is 0 Å². The minimum absolute atomic E-state index is 0.0927. The number of ether oxygens (including phenoxy) is 4. The molecular formula is C31H27N3O7S. The number of benzene rings is 3. The second-order valence-electron chi connectivity index (χ2n) is 9.54. The Morgan fingerprint density at radius 3 is 2.50 bits per heavy atom. The van der Waals surface area contributed by atoms with E-state index in [0.29, 0.717) is 65.6 Å². The van der Waals surface area contributed by atoms with Crippen molar-refractivity contribution in [2.45, 2.75) is 26.5 Å². The summed E-state index contributed by atoms with van der Waals surface area (Å²) in [6.45, 7) is 5.07. The summed E-state index contributed by atoms with van der Waals surface area (Å²) in [5, 5.41) is 20.6. The highest BCUT2D eigenvalue weighted by Gasteiger charge is 2.48. The van der Waals surface area contributed by atoms with E-state index in [1.165, 1.54) is 16.2 Å². The SMILES string of the molecule is CCOc1cc([C@H]2/C(=C(\O)c3ccc4c(c3)OCCO4)C(=O)C(=O)N2c2nnc(C)s2)ccc1OCc1ccccc1. The number of nitrogens with zero attached hydrogens (tertiary/aromatic N) is 3. The minimum atomic E-state index is -1.01. The summed E-state index contributed by atoms with van der Waals surface area (Å²) in [5.74, 6) is -0.105. The average molecular weight is 586 g/mol. The first-order valence-electron chi connectivity index (χ1n) is 13.4. The summed E-state index contributed by atoms with van der Waals surface area (Å²) in [6.07, 6.45) is 0. The first-order chi connectivity index (χ1) is 20.4. The number of aliphatic hydroxyl groups excluding tert-OH is 1. The molecule has 3 aromatic carbocycles. The second-order valence-corrected chi connectivity index (χ2v) is 10.7. The summed E-state index contributed by atoms with van der Waals surface area (Å²) in [7, 11) is 0. The lowest BCUT2D eigenvalue weighted by molar-refractivity contribution is -0.132. The molecule has 6 rings (SSSR count). The van der Waals surface area contributed by atoms with Crippen molar-refractivity contribution >= 4 is 33.9 Å². The maximum atomic E-state index is 13.6. The zero-order chi connectivity index (χ0) is 29.2. The van der Waals surface area contributed by atoms with Crippen LogP contribution >= 0.6 is 11.3 Å². The molecule has 3 heterocycles. The molecule has 10 nitrogen and oxygen atoms in total. The van der Waals surface area contributed by atoms with Gasteiger partial charge < -0.3 is 24.1 Å². The van der Waals surface area contributed by atoms with Gasteiger partial charge in [0.1, 0.15) is 30.6 Å². The fourth-order valence-electron chi connectivity index (χ4n) is 4.89. The van der Waals surface area contributed by atoms with E-state index in [1.807, 2.05) is 37.3 Å². The van der Waals surface area contributed by atoms with Gasteiger partial charge in [-0.2, -0.15) is 0 Å². The Labute approximate surface area is 245 Å². The molecule has 214 valence electrons. The van der Waals surface area contributed by atoms with E-state index in [0.717, 1.165) is 5.56 Å². The van der Waals surface area contributed by atoms with E-state index < -0.39 is 17.7 Å². The fourth-order valence-corrected chi connectivity index (χ4v) is 5.61. The molecule has 1 atom stereocenters. The number of carbonyl (C=O) groups excluding carboxylic acids is 2. The predicted octanol–water partition coefficient (Wildman–Crippen LogP) is 5.22. The van der Waals surface area contributed by atoms with Crippen molar-refractivity contribution in [1.82, 2.24) is 10.2 Å². The summed E-state index contributed by atoms with van der Waals surface area (Å²) >= 11 is 1.17. The van der Waals surface area contributed by atoms with Crippen LogP contribution in [0.5, 0.6) is 23.0 Å². The lowest BCUT2D eigenvalue weighted by Crippen LogP contribution is -2.29. The molecule has 0 spiro atoms. The Kier molecular flexibility index (Phi) is 7.49. The van der Waals surface area contributed by atoms with Crippen LogP contribution in [0.4, 0.5) is 5.13 Å². The van der Waals surface area contributed by atoms with Crippen molar-refractivity contribution < 1.29 is 33.6 Å². The van der Waals surface area contributed by atoms with Gasteiger partial charge in [0.05, 0.1) is 18.2 Å². The number of amides is 1. The fraction of sp³-hybridized carbons (Fsp3) is 0.226. The van der Waals surface area contributed by atoms with Crippen LogP contribution in [-0.4, -0.2) is 46.8 Å². The second kappa shape index (κ2) is 11.5. The van der Waals surface area contributed by atoms with Crippen LogP contribution in [0, 0.1) is 6.92 Å². The molecule has 2 aliphatic rings. The molecule has 1 aromatic heterocycles. The van der Waals surface area contributed by atoms with Gasteiger partial charge >= 0.3 is 5.91 Å². The molecule has 0 aliphatic carbocycles. The third-order valence-corrected chi connectivity index (χ3v) is 7.64. The highest BCUT2D eigenvalue weighted by molar-refractivity contribution is 7.15. The van der Waals surface area contributed by atoms with E-state index in [9.17, 15) is 14.7 Å². The zero-order valence-corrected chi connectivity index (χ0v) is 23.7. The lowest BCUT2D eigenvalue weighted by atomic mass is 9.95. The Morgan fingerprint density at radius 2 is 1.76 bits per heavy atom. The Bertz CT molecular complexity index is 1690. The molecule has 1 fully saturated rings. The first-order valence-corrected chi connectivity index (χ1v) is 14.2. The molecule has 2 aliphatic heterocycles. The average Bonchev–Trinajstić information content (AvgIpc) is 3.56. The smallest absolute Gasteiger partial charge is 0.301 e. The number of ketones is 1. The van der Waals surface area contributed by atoms with Crippen molar-refractivity contribution in [3.63, 3.8) is 0 Å². The van der Waals surface area contributed by atoms with Crippen LogP contribution in [0.1, 0.15) is 34.7 Å². The molecule has 11 heteroatoms. The topological polar surface area (TPSA) is 120 Å². The van der Waals surface area contributed by atoms with Crippen molar-refractivity contribution in [3.8, 4) is 23.0 Å². The highest BCUT2D eigenvalue weighted by atomic mass is 32.1. The number of aliphatic hydroxyl groups is 1. The van der Waals surface area contributed by atoms with Gasteiger partial charge in [0.15, 0.2) is 23.0 Å². The van der Waals surface area contributed by atoms with E-state index >= 15 is 0 Å². The molecule has 1 saturated heterocycles. The first kappa shape index (κ1) is 27.3. The normalized spacial score (nSPS) is 17.4. The van der Waals surface area contributed by atoms with Crippen LogP contribution < -0.4 is 23.8 Å². The van der Waals surface area contributed by atoms with Gasteiger partial charge in [-0.3, -0.25) is 14.5 Å². The Balaban J connectivity index is 1.45. The standard InChI is InChI=1S/C31H27N3O7S/c1-3-38-24-15-20(9-11-23(24)41-17-19-7-5-4-6-8-19)27-26(29(36)30(37)34(27)31-33-32-18(2)42-31)28(35)21-10-12-22-25(16-21)40-14-13-39-22/h4-12,15-16,27,35H,3,13-14,17H2,1-2H3/b28-26+/t27-/m0/s1. The predicted molar refractivity (Wildman–Crippen MR) is 155 cm³/mol.